The third-order valence-electron chi connectivity index (χ3n) is 4.32. The normalized spacial score (nSPS) is 11.9. The Morgan fingerprint density at radius 2 is 1.91 bits per heavy atom. The van der Waals surface area contributed by atoms with E-state index in [-0.39, 0.29) is 17.3 Å². The second kappa shape index (κ2) is 9.77. The maximum atomic E-state index is 12.7. The summed E-state index contributed by atoms with van der Waals surface area (Å²) >= 11 is 0.678. The zero-order chi connectivity index (χ0) is 23.3. The average molecular weight is 465 g/mol. The van der Waals surface area contributed by atoms with Gasteiger partial charge in [0.05, 0.1) is 7.11 Å². The van der Waals surface area contributed by atoms with Gasteiger partial charge in [-0.1, -0.05) is 29.4 Å². The highest BCUT2D eigenvalue weighted by Gasteiger charge is 2.36. The summed E-state index contributed by atoms with van der Waals surface area (Å²) in [5.41, 5.74) is 2.35. The predicted molar refractivity (Wildman–Crippen MR) is 111 cm³/mol. The predicted octanol–water partition coefficient (Wildman–Crippen LogP) is 4.63. The fourth-order valence-corrected chi connectivity index (χ4v) is 3.49. The molecule has 0 N–H and O–H groups in total. The molecule has 3 rings (SSSR count). The molecular weight excluding hydrogens is 447 g/mol. The van der Waals surface area contributed by atoms with Gasteiger partial charge in [-0.2, -0.15) is 17.5 Å². The summed E-state index contributed by atoms with van der Waals surface area (Å²) in [6.45, 7) is 1.87. The van der Waals surface area contributed by atoms with Gasteiger partial charge in [0.25, 0.3) is 0 Å². The molecule has 0 spiro atoms. The zero-order valence-electron chi connectivity index (χ0n) is 17.3. The first kappa shape index (κ1) is 23.2. The molecule has 0 aliphatic rings. The molecule has 0 aliphatic heterocycles. The first-order chi connectivity index (χ1) is 15.2. The highest BCUT2D eigenvalue weighted by molar-refractivity contribution is 7.09. The minimum absolute atomic E-state index is 0.00184. The van der Waals surface area contributed by atoms with Gasteiger partial charge >= 0.3 is 12.1 Å². The molecule has 0 fully saturated rings. The van der Waals surface area contributed by atoms with Crippen LogP contribution in [-0.4, -0.2) is 35.3 Å². The van der Waals surface area contributed by atoms with Crippen molar-refractivity contribution in [2.45, 2.75) is 19.7 Å². The number of ether oxygens (including phenoxy) is 2. The van der Waals surface area contributed by atoms with E-state index >= 15 is 0 Å². The Morgan fingerprint density at radius 3 is 2.53 bits per heavy atom. The van der Waals surface area contributed by atoms with Crippen LogP contribution in [0.25, 0.3) is 10.6 Å². The van der Waals surface area contributed by atoms with E-state index in [2.05, 4.69) is 14.5 Å². The molecule has 1 aromatic heterocycles. The van der Waals surface area contributed by atoms with Gasteiger partial charge < -0.3 is 14.3 Å². The number of oxime groups is 1. The van der Waals surface area contributed by atoms with Gasteiger partial charge in [0.2, 0.25) is 5.82 Å². The van der Waals surface area contributed by atoms with E-state index in [1.54, 1.807) is 49.4 Å². The fourth-order valence-electron chi connectivity index (χ4n) is 2.82. The van der Waals surface area contributed by atoms with Crippen molar-refractivity contribution in [1.82, 2.24) is 9.36 Å². The Hall–Kier alpha value is -3.47. The van der Waals surface area contributed by atoms with Crippen LogP contribution in [-0.2, 0) is 27.2 Å². The van der Waals surface area contributed by atoms with E-state index in [0.29, 0.717) is 39.5 Å². The van der Waals surface area contributed by atoms with E-state index in [4.69, 9.17) is 14.3 Å². The average Bonchev–Trinajstić information content (AvgIpc) is 3.27. The number of aromatic nitrogens is 2. The van der Waals surface area contributed by atoms with Gasteiger partial charge in [-0.3, -0.25) is 0 Å². The second-order valence-corrected chi connectivity index (χ2v) is 7.21. The number of hydrogen-bond donors (Lipinski definition) is 0. The van der Waals surface area contributed by atoms with Crippen LogP contribution in [0.15, 0.2) is 47.6 Å². The van der Waals surface area contributed by atoms with Crippen LogP contribution >= 0.6 is 11.5 Å². The van der Waals surface area contributed by atoms with Crippen LogP contribution in [0, 0.1) is 6.92 Å². The molecule has 0 amide bonds. The maximum Gasteiger partial charge on any atom is 0.452 e. The lowest BCUT2D eigenvalue weighted by molar-refractivity contribution is -0.144. The summed E-state index contributed by atoms with van der Waals surface area (Å²) in [5, 5.41) is 3.92. The molecule has 2 aromatic carbocycles. The van der Waals surface area contributed by atoms with Crippen molar-refractivity contribution < 1.29 is 32.3 Å². The monoisotopic (exact) mass is 465 g/mol. The molecule has 0 bridgehead atoms. The van der Waals surface area contributed by atoms with Crippen LogP contribution in [0.1, 0.15) is 22.5 Å². The SMILES string of the molecule is CO/N=C(/C(=O)OC)c1ccccc1COc1ccc(-c2nc(C(F)(F)F)ns2)cc1C. The van der Waals surface area contributed by atoms with Crippen LogP contribution in [0.5, 0.6) is 5.75 Å². The Morgan fingerprint density at radius 1 is 1.16 bits per heavy atom. The molecule has 0 atom stereocenters. The molecule has 3 aromatic rings. The summed E-state index contributed by atoms with van der Waals surface area (Å²) < 4.78 is 52.3. The van der Waals surface area contributed by atoms with Gasteiger partial charge in [-0.15, -0.1) is 0 Å². The molecule has 0 unspecified atom stereocenters. The Kier molecular flexibility index (Phi) is 7.08. The number of hydrogen-bond acceptors (Lipinski definition) is 8. The van der Waals surface area contributed by atoms with Crippen molar-refractivity contribution in [3.8, 4) is 16.3 Å². The van der Waals surface area contributed by atoms with Crippen molar-refractivity contribution in [2.24, 2.45) is 5.16 Å². The number of halogens is 3. The second-order valence-electron chi connectivity index (χ2n) is 6.46. The molecule has 0 aliphatic carbocycles. The standard InChI is InChI=1S/C21H18F3N3O4S/c1-12-10-13(18-25-20(27-32-18)21(22,23)24)8-9-16(12)31-11-14-6-4-5-7-15(14)17(26-30-3)19(28)29-2/h4-10H,11H2,1-3H3/b26-17+. The van der Waals surface area contributed by atoms with Crippen molar-refractivity contribution in [3.05, 3.63) is 65.0 Å². The lowest BCUT2D eigenvalue weighted by Crippen LogP contribution is -2.19. The number of aryl methyl sites for hydroxylation is 1. The summed E-state index contributed by atoms with van der Waals surface area (Å²) in [6.07, 6.45) is -4.59. The molecule has 0 saturated carbocycles. The van der Waals surface area contributed by atoms with Crippen molar-refractivity contribution >= 4 is 23.2 Å². The largest absolute Gasteiger partial charge is 0.489 e. The van der Waals surface area contributed by atoms with Crippen LogP contribution < -0.4 is 4.74 Å². The van der Waals surface area contributed by atoms with Gasteiger partial charge in [-0.25, -0.2) is 9.78 Å². The first-order valence-corrected chi connectivity index (χ1v) is 9.94. The number of carbonyl (C=O) groups excluding carboxylic acids is 1. The number of methoxy groups -OCH3 is 1. The minimum atomic E-state index is -4.59. The zero-order valence-corrected chi connectivity index (χ0v) is 18.1. The van der Waals surface area contributed by atoms with Crippen LogP contribution in [0.4, 0.5) is 13.2 Å². The van der Waals surface area contributed by atoms with Crippen molar-refractivity contribution in [1.29, 1.82) is 0 Å². The summed E-state index contributed by atoms with van der Waals surface area (Å²) in [4.78, 5) is 20.4. The Bertz CT molecular complexity index is 1150. The molecule has 11 heteroatoms. The lowest BCUT2D eigenvalue weighted by atomic mass is 10.0. The summed E-state index contributed by atoms with van der Waals surface area (Å²) in [5.74, 6) is -1.30. The summed E-state index contributed by atoms with van der Waals surface area (Å²) in [6, 6.07) is 11.9. The highest BCUT2D eigenvalue weighted by Crippen LogP contribution is 2.32. The molecule has 32 heavy (non-hydrogen) atoms. The topological polar surface area (TPSA) is 82.9 Å². The quantitative estimate of drug-likeness (QED) is 0.287. The van der Waals surface area contributed by atoms with Crippen LogP contribution in [0.2, 0.25) is 0 Å². The lowest BCUT2D eigenvalue weighted by Gasteiger charge is -2.13. The van der Waals surface area contributed by atoms with E-state index in [0.717, 1.165) is 0 Å². The first-order valence-electron chi connectivity index (χ1n) is 9.17. The van der Waals surface area contributed by atoms with Gasteiger partial charge in [0.1, 0.15) is 24.5 Å². The van der Waals surface area contributed by atoms with E-state index < -0.39 is 18.0 Å². The molecule has 0 saturated heterocycles. The minimum Gasteiger partial charge on any atom is -0.489 e. The molecular formula is C21H18F3N3O4S. The highest BCUT2D eigenvalue weighted by atomic mass is 32.1. The van der Waals surface area contributed by atoms with E-state index in [9.17, 15) is 18.0 Å². The molecule has 7 nitrogen and oxygen atoms in total. The summed E-state index contributed by atoms with van der Waals surface area (Å²) in [7, 11) is 2.57. The fraction of sp³-hybridized carbons (Fsp3) is 0.238. The number of nitrogens with zero attached hydrogens (tertiary/aromatic N) is 3. The number of carbonyl (C=O) groups is 1. The van der Waals surface area contributed by atoms with E-state index in [1.807, 2.05) is 0 Å². The smallest absolute Gasteiger partial charge is 0.452 e. The number of alkyl halides is 3. The molecule has 1 heterocycles. The number of rotatable bonds is 7. The number of benzene rings is 2. The van der Waals surface area contributed by atoms with Crippen LogP contribution in [0.3, 0.4) is 0 Å². The maximum absolute atomic E-state index is 12.7. The van der Waals surface area contributed by atoms with Gasteiger partial charge in [0.15, 0.2) is 5.71 Å². The number of esters is 1. The van der Waals surface area contributed by atoms with Crippen molar-refractivity contribution in [3.63, 3.8) is 0 Å². The van der Waals surface area contributed by atoms with Crippen molar-refractivity contribution in [2.75, 3.05) is 14.2 Å². The molecule has 168 valence electrons. The third-order valence-corrected chi connectivity index (χ3v) is 5.08. The van der Waals surface area contributed by atoms with Gasteiger partial charge in [0, 0.05) is 11.1 Å². The molecule has 0 radical (unpaired) electrons. The third kappa shape index (κ3) is 5.22. The van der Waals surface area contributed by atoms with Gasteiger partial charge in [-0.05, 0) is 47.8 Å². The Balaban J connectivity index is 1.81. The van der Waals surface area contributed by atoms with E-state index in [1.165, 1.54) is 14.2 Å². The Labute approximate surface area is 185 Å².